The van der Waals surface area contributed by atoms with Crippen molar-refractivity contribution in [1.29, 1.82) is 0 Å². The minimum atomic E-state index is -4.35. The molecule has 0 spiro atoms. The SMILES string of the molecule is NC(CNc1ncc(-c2ccc3[nH]c(=O)oc3c2)s1)Cc1ccc(C(F)(F)F)cc1. The van der Waals surface area contributed by atoms with Gasteiger partial charge < -0.3 is 15.5 Å². The number of thiazole rings is 1. The Hall–Kier alpha value is -3.11. The van der Waals surface area contributed by atoms with Crippen LogP contribution in [0, 0.1) is 0 Å². The molecule has 0 aliphatic carbocycles. The molecule has 0 amide bonds. The summed E-state index contributed by atoms with van der Waals surface area (Å²) in [5.74, 6) is -0.504. The molecule has 1 atom stereocenters. The van der Waals surface area contributed by atoms with Crippen LogP contribution >= 0.6 is 11.3 Å². The molecule has 0 radical (unpaired) electrons. The number of aromatic amines is 1. The number of anilines is 1. The molecular weight excluding hydrogens is 417 g/mol. The second-order valence-corrected chi connectivity index (χ2v) is 7.83. The third-order valence-corrected chi connectivity index (χ3v) is 5.51. The largest absolute Gasteiger partial charge is 0.417 e. The van der Waals surface area contributed by atoms with Crippen molar-refractivity contribution in [3.05, 3.63) is 70.3 Å². The van der Waals surface area contributed by atoms with Gasteiger partial charge in [-0.15, -0.1) is 0 Å². The van der Waals surface area contributed by atoms with Crippen LogP contribution in [0.25, 0.3) is 21.5 Å². The molecule has 2 heterocycles. The molecule has 4 rings (SSSR count). The second-order valence-electron chi connectivity index (χ2n) is 6.79. The fraction of sp³-hybridized carbons (Fsp3) is 0.200. The second kappa shape index (κ2) is 7.96. The minimum Gasteiger partial charge on any atom is -0.408 e. The van der Waals surface area contributed by atoms with Crippen LogP contribution in [-0.4, -0.2) is 22.6 Å². The maximum Gasteiger partial charge on any atom is 0.417 e. The van der Waals surface area contributed by atoms with Crippen molar-refractivity contribution in [3.63, 3.8) is 0 Å². The van der Waals surface area contributed by atoms with Crippen LogP contribution in [0.5, 0.6) is 0 Å². The van der Waals surface area contributed by atoms with Crippen molar-refractivity contribution in [2.45, 2.75) is 18.6 Å². The van der Waals surface area contributed by atoms with Crippen LogP contribution in [0.4, 0.5) is 18.3 Å². The molecule has 30 heavy (non-hydrogen) atoms. The highest BCUT2D eigenvalue weighted by Crippen LogP contribution is 2.31. The van der Waals surface area contributed by atoms with Crippen LogP contribution < -0.4 is 16.8 Å². The quantitative estimate of drug-likeness (QED) is 0.422. The highest BCUT2D eigenvalue weighted by Gasteiger charge is 2.29. The number of rotatable bonds is 6. The van der Waals surface area contributed by atoms with Gasteiger partial charge in [0, 0.05) is 18.8 Å². The molecule has 2 aromatic heterocycles. The molecule has 4 aromatic rings. The first-order valence-corrected chi connectivity index (χ1v) is 9.84. The summed E-state index contributed by atoms with van der Waals surface area (Å²) < 4.78 is 43.0. The third-order valence-electron chi connectivity index (χ3n) is 4.51. The number of oxazole rings is 1. The summed E-state index contributed by atoms with van der Waals surface area (Å²) in [6, 6.07) is 10.1. The molecular formula is C20H17F3N4O2S. The molecule has 4 N–H and O–H groups in total. The summed E-state index contributed by atoms with van der Waals surface area (Å²) in [6.45, 7) is 0.416. The first kappa shape index (κ1) is 20.2. The molecule has 10 heteroatoms. The van der Waals surface area contributed by atoms with Gasteiger partial charge in [-0.05, 0) is 41.8 Å². The number of alkyl halides is 3. The lowest BCUT2D eigenvalue weighted by molar-refractivity contribution is -0.137. The van der Waals surface area contributed by atoms with E-state index in [-0.39, 0.29) is 6.04 Å². The number of nitrogens with zero attached hydrogens (tertiary/aromatic N) is 1. The van der Waals surface area contributed by atoms with E-state index in [1.807, 2.05) is 6.07 Å². The van der Waals surface area contributed by atoms with E-state index in [9.17, 15) is 18.0 Å². The summed E-state index contributed by atoms with van der Waals surface area (Å²) in [6.07, 6.45) is -2.20. The number of aromatic nitrogens is 2. The summed E-state index contributed by atoms with van der Waals surface area (Å²) in [4.78, 5) is 19.1. The lowest BCUT2D eigenvalue weighted by Gasteiger charge is -2.13. The molecule has 0 fully saturated rings. The molecule has 6 nitrogen and oxygen atoms in total. The molecule has 0 saturated carbocycles. The fourth-order valence-electron chi connectivity index (χ4n) is 3.01. The van der Waals surface area contributed by atoms with E-state index in [1.165, 1.54) is 23.5 Å². The first-order valence-electron chi connectivity index (χ1n) is 9.02. The van der Waals surface area contributed by atoms with Crippen LogP contribution in [-0.2, 0) is 12.6 Å². The van der Waals surface area contributed by atoms with E-state index in [0.717, 1.165) is 28.1 Å². The minimum absolute atomic E-state index is 0.292. The predicted molar refractivity (Wildman–Crippen MR) is 110 cm³/mol. The van der Waals surface area contributed by atoms with Crippen molar-refractivity contribution in [2.24, 2.45) is 5.73 Å². The Morgan fingerprint density at radius 1 is 1.20 bits per heavy atom. The number of hydrogen-bond acceptors (Lipinski definition) is 6. The molecule has 0 aliphatic heterocycles. The number of H-pyrrole nitrogens is 1. The average molecular weight is 434 g/mol. The van der Waals surface area contributed by atoms with Gasteiger partial charge in [0.2, 0.25) is 0 Å². The van der Waals surface area contributed by atoms with Gasteiger partial charge in [-0.1, -0.05) is 29.5 Å². The van der Waals surface area contributed by atoms with Crippen molar-refractivity contribution in [1.82, 2.24) is 9.97 Å². The zero-order chi connectivity index (χ0) is 21.3. The number of halogens is 3. The zero-order valence-corrected chi connectivity index (χ0v) is 16.3. The van der Waals surface area contributed by atoms with Crippen molar-refractivity contribution in [2.75, 3.05) is 11.9 Å². The van der Waals surface area contributed by atoms with Crippen LogP contribution in [0.15, 0.2) is 57.9 Å². The van der Waals surface area contributed by atoms with Gasteiger partial charge in [0.1, 0.15) is 0 Å². The van der Waals surface area contributed by atoms with Crippen LogP contribution in [0.2, 0.25) is 0 Å². The van der Waals surface area contributed by atoms with Gasteiger partial charge in [-0.3, -0.25) is 4.98 Å². The van der Waals surface area contributed by atoms with E-state index in [4.69, 9.17) is 10.2 Å². The van der Waals surface area contributed by atoms with Gasteiger partial charge in [0.25, 0.3) is 0 Å². The average Bonchev–Trinajstić information content (AvgIpc) is 3.31. The van der Waals surface area contributed by atoms with Crippen LogP contribution in [0.1, 0.15) is 11.1 Å². The van der Waals surface area contributed by atoms with E-state index < -0.39 is 17.5 Å². The third kappa shape index (κ3) is 4.55. The Labute approximate surface area is 172 Å². The number of nitrogens with one attached hydrogen (secondary N) is 2. The monoisotopic (exact) mass is 434 g/mol. The Morgan fingerprint density at radius 3 is 2.70 bits per heavy atom. The van der Waals surface area contributed by atoms with Crippen molar-refractivity contribution >= 4 is 27.6 Å². The molecule has 156 valence electrons. The Kier molecular flexibility index (Phi) is 5.35. The van der Waals surface area contributed by atoms with Gasteiger partial charge in [0.05, 0.1) is 16.0 Å². The van der Waals surface area contributed by atoms with Gasteiger partial charge in [0.15, 0.2) is 10.7 Å². The molecule has 2 aromatic carbocycles. The maximum atomic E-state index is 12.6. The smallest absolute Gasteiger partial charge is 0.408 e. The standard InChI is InChI=1S/C20H17F3N4O2S/c21-20(22,23)13-4-1-11(2-5-13)7-14(24)9-25-18-26-10-17(30-18)12-3-6-15-16(8-12)29-19(28)27-15/h1-6,8,10,14H,7,9,24H2,(H,25,26)(H,27,28). The number of fused-ring (bicyclic) bond motifs is 1. The molecule has 0 aliphatic rings. The van der Waals surface area contributed by atoms with E-state index in [0.29, 0.717) is 29.2 Å². The van der Waals surface area contributed by atoms with E-state index in [2.05, 4.69) is 15.3 Å². The predicted octanol–water partition coefficient (Wildman–Crippen LogP) is 4.25. The summed E-state index contributed by atoms with van der Waals surface area (Å²) in [7, 11) is 0. The fourth-order valence-corrected chi connectivity index (χ4v) is 3.83. The Morgan fingerprint density at radius 2 is 1.97 bits per heavy atom. The lowest BCUT2D eigenvalue weighted by Crippen LogP contribution is -2.31. The number of benzene rings is 2. The lowest BCUT2D eigenvalue weighted by atomic mass is 10.0. The van der Waals surface area contributed by atoms with Gasteiger partial charge in [-0.2, -0.15) is 13.2 Å². The zero-order valence-electron chi connectivity index (χ0n) is 15.5. The van der Waals surface area contributed by atoms with Crippen LogP contribution in [0.3, 0.4) is 0 Å². The Bertz CT molecular complexity index is 1210. The van der Waals surface area contributed by atoms with E-state index in [1.54, 1.807) is 18.3 Å². The highest BCUT2D eigenvalue weighted by molar-refractivity contribution is 7.18. The van der Waals surface area contributed by atoms with Crippen molar-refractivity contribution < 1.29 is 17.6 Å². The summed E-state index contributed by atoms with van der Waals surface area (Å²) >= 11 is 1.42. The molecule has 0 bridgehead atoms. The van der Waals surface area contributed by atoms with Gasteiger partial charge in [-0.25, -0.2) is 9.78 Å². The first-order chi connectivity index (χ1) is 14.3. The summed E-state index contributed by atoms with van der Waals surface area (Å²) in [5, 5.41) is 3.82. The maximum absolute atomic E-state index is 12.6. The van der Waals surface area contributed by atoms with Crippen molar-refractivity contribution in [3.8, 4) is 10.4 Å². The topological polar surface area (TPSA) is 96.9 Å². The summed E-state index contributed by atoms with van der Waals surface area (Å²) in [5.41, 5.74) is 8.13. The highest BCUT2D eigenvalue weighted by atomic mass is 32.1. The Balaban J connectivity index is 1.36. The van der Waals surface area contributed by atoms with E-state index >= 15 is 0 Å². The number of hydrogen-bond donors (Lipinski definition) is 3. The van der Waals surface area contributed by atoms with Gasteiger partial charge >= 0.3 is 11.9 Å². The number of nitrogens with two attached hydrogens (primary N) is 1. The normalized spacial score (nSPS) is 12.9. The molecule has 1 unspecified atom stereocenters. The molecule has 0 saturated heterocycles.